The Bertz CT molecular complexity index is 403. The van der Waals surface area contributed by atoms with Gasteiger partial charge in [-0.2, -0.15) is 13.2 Å². The molecule has 0 aliphatic rings. The number of halogens is 3. The number of hydrogen-bond donors (Lipinski definition) is 1. The Morgan fingerprint density at radius 3 is 2.62 bits per heavy atom. The molecule has 0 amide bonds. The van der Waals surface area contributed by atoms with Gasteiger partial charge in [-0.25, -0.2) is 9.78 Å². The largest absolute Gasteiger partial charge is 0.505 e. The number of hydrogen-bond acceptors (Lipinski definition) is 4. The van der Waals surface area contributed by atoms with Gasteiger partial charge in [0.1, 0.15) is 11.4 Å². The molecule has 7 heteroatoms. The van der Waals surface area contributed by atoms with Crippen LogP contribution >= 0.6 is 0 Å². The molecule has 0 radical (unpaired) electrons. The quantitative estimate of drug-likeness (QED) is 0.796. The van der Waals surface area contributed by atoms with Gasteiger partial charge in [0.05, 0.1) is 6.61 Å². The lowest BCUT2D eigenvalue weighted by Crippen LogP contribution is -2.13. The van der Waals surface area contributed by atoms with Crippen LogP contribution in [0.5, 0.6) is 5.75 Å². The van der Waals surface area contributed by atoms with E-state index in [2.05, 4.69) is 9.72 Å². The van der Waals surface area contributed by atoms with Crippen LogP contribution in [0.3, 0.4) is 0 Å². The van der Waals surface area contributed by atoms with Crippen LogP contribution in [0.15, 0.2) is 12.1 Å². The van der Waals surface area contributed by atoms with E-state index in [1.165, 1.54) is 6.92 Å². The minimum absolute atomic E-state index is 0.0177. The lowest BCUT2D eigenvalue weighted by atomic mass is 10.2. The van der Waals surface area contributed by atoms with Crippen molar-refractivity contribution >= 4 is 5.97 Å². The zero-order chi connectivity index (χ0) is 12.3. The highest BCUT2D eigenvalue weighted by atomic mass is 19.4. The van der Waals surface area contributed by atoms with E-state index in [1.807, 2.05) is 0 Å². The number of aromatic nitrogens is 1. The summed E-state index contributed by atoms with van der Waals surface area (Å²) in [6.45, 7) is 1.47. The summed E-state index contributed by atoms with van der Waals surface area (Å²) in [4.78, 5) is 14.1. The van der Waals surface area contributed by atoms with Crippen molar-refractivity contribution in [3.63, 3.8) is 0 Å². The fraction of sp³-hybridized carbons (Fsp3) is 0.333. The van der Waals surface area contributed by atoms with Gasteiger partial charge in [-0.1, -0.05) is 0 Å². The number of carbonyl (C=O) groups is 1. The highest BCUT2D eigenvalue weighted by molar-refractivity contribution is 5.90. The summed E-state index contributed by atoms with van der Waals surface area (Å²) in [5.74, 6) is -1.74. The third-order valence-corrected chi connectivity index (χ3v) is 1.63. The molecule has 0 aliphatic carbocycles. The molecule has 88 valence electrons. The van der Waals surface area contributed by atoms with E-state index in [-0.39, 0.29) is 6.61 Å². The molecule has 1 aromatic rings. The number of rotatable bonds is 2. The van der Waals surface area contributed by atoms with E-state index in [9.17, 15) is 18.0 Å². The molecule has 0 fully saturated rings. The Balaban J connectivity index is 3.14. The summed E-state index contributed by atoms with van der Waals surface area (Å²) in [5.41, 5.74) is -2.00. The SMILES string of the molecule is CCOC(=O)c1nc(C(F)(F)F)ccc1O. The van der Waals surface area contributed by atoms with Crippen LogP contribution in [0, 0.1) is 0 Å². The van der Waals surface area contributed by atoms with Crippen molar-refractivity contribution in [3.8, 4) is 5.75 Å². The van der Waals surface area contributed by atoms with E-state index in [0.29, 0.717) is 6.07 Å². The molecule has 0 unspecified atom stereocenters. The number of carbonyl (C=O) groups excluding carboxylic acids is 1. The molecule has 1 rings (SSSR count). The molecule has 4 nitrogen and oxygen atoms in total. The summed E-state index contributed by atoms with van der Waals surface area (Å²) in [5, 5.41) is 9.17. The number of alkyl halides is 3. The third-order valence-electron chi connectivity index (χ3n) is 1.63. The smallest absolute Gasteiger partial charge is 0.433 e. The van der Waals surface area contributed by atoms with Gasteiger partial charge in [-0.15, -0.1) is 0 Å². The molecule has 0 aromatic carbocycles. The second-order valence-electron chi connectivity index (χ2n) is 2.78. The number of pyridine rings is 1. The highest BCUT2D eigenvalue weighted by Crippen LogP contribution is 2.29. The maximum Gasteiger partial charge on any atom is 0.433 e. The Kier molecular flexibility index (Phi) is 3.36. The fourth-order valence-corrected chi connectivity index (χ4v) is 0.959. The molecule has 16 heavy (non-hydrogen) atoms. The van der Waals surface area contributed by atoms with Gasteiger partial charge in [0, 0.05) is 0 Å². The first-order valence-corrected chi connectivity index (χ1v) is 4.30. The van der Waals surface area contributed by atoms with Crippen LogP contribution in [0.1, 0.15) is 23.1 Å². The zero-order valence-electron chi connectivity index (χ0n) is 8.21. The first-order chi connectivity index (χ1) is 7.36. The van der Waals surface area contributed by atoms with Crippen molar-refractivity contribution in [2.75, 3.05) is 6.61 Å². The molecule has 0 bridgehead atoms. The minimum Gasteiger partial charge on any atom is -0.505 e. The Morgan fingerprint density at radius 2 is 2.12 bits per heavy atom. The number of ether oxygens (including phenoxy) is 1. The van der Waals surface area contributed by atoms with Gasteiger partial charge in [0.2, 0.25) is 0 Å². The summed E-state index contributed by atoms with van der Waals surface area (Å²) in [6.07, 6.45) is -4.67. The van der Waals surface area contributed by atoms with Gasteiger partial charge in [0.25, 0.3) is 0 Å². The number of nitrogens with zero attached hydrogens (tertiary/aromatic N) is 1. The molecule has 0 aliphatic heterocycles. The molecule has 0 saturated heterocycles. The molecule has 1 heterocycles. The van der Waals surface area contributed by atoms with Crippen LogP contribution in [-0.2, 0) is 10.9 Å². The van der Waals surface area contributed by atoms with Gasteiger partial charge in [0.15, 0.2) is 5.69 Å². The normalized spacial score (nSPS) is 11.2. The maximum absolute atomic E-state index is 12.3. The number of esters is 1. The molecule has 1 aromatic heterocycles. The van der Waals surface area contributed by atoms with Gasteiger partial charge >= 0.3 is 12.1 Å². The van der Waals surface area contributed by atoms with Crippen molar-refractivity contribution in [2.24, 2.45) is 0 Å². The number of aromatic hydroxyl groups is 1. The standard InChI is InChI=1S/C9H8F3NO3/c1-2-16-8(15)7-5(14)3-4-6(13-7)9(10,11)12/h3-4,14H,2H2,1H3. The van der Waals surface area contributed by atoms with Gasteiger partial charge in [-0.05, 0) is 19.1 Å². The van der Waals surface area contributed by atoms with Gasteiger partial charge < -0.3 is 9.84 Å². The summed E-state index contributed by atoms with van der Waals surface area (Å²) in [7, 11) is 0. The summed E-state index contributed by atoms with van der Waals surface area (Å²) in [6, 6.07) is 1.33. The van der Waals surface area contributed by atoms with E-state index < -0.39 is 29.3 Å². The molecule has 0 spiro atoms. The lowest BCUT2D eigenvalue weighted by Gasteiger charge is -2.08. The van der Waals surface area contributed by atoms with Crippen molar-refractivity contribution in [1.82, 2.24) is 4.98 Å². The predicted molar refractivity (Wildman–Crippen MR) is 46.9 cm³/mol. The van der Waals surface area contributed by atoms with Crippen LogP contribution in [-0.4, -0.2) is 22.7 Å². The highest BCUT2D eigenvalue weighted by Gasteiger charge is 2.34. The van der Waals surface area contributed by atoms with Gasteiger partial charge in [-0.3, -0.25) is 0 Å². The molecular weight excluding hydrogens is 227 g/mol. The van der Waals surface area contributed by atoms with Crippen molar-refractivity contribution in [2.45, 2.75) is 13.1 Å². The Labute approximate surface area is 88.7 Å². The summed E-state index contributed by atoms with van der Waals surface area (Å²) >= 11 is 0. The fourth-order valence-electron chi connectivity index (χ4n) is 0.959. The average Bonchev–Trinajstić information content (AvgIpc) is 2.16. The topological polar surface area (TPSA) is 59.4 Å². The van der Waals surface area contributed by atoms with Crippen LogP contribution in [0.4, 0.5) is 13.2 Å². The van der Waals surface area contributed by atoms with Crippen LogP contribution in [0.25, 0.3) is 0 Å². The van der Waals surface area contributed by atoms with E-state index in [4.69, 9.17) is 5.11 Å². The second kappa shape index (κ2) is 4.38. The average molecular weight is 235 g/mol. The lowest BCUT2D eigenvalue weighted by molar-refractivity contribution is -0.141. The van der Waals surface area contributed by atoms with Crippen LogP contribution in [0.2, 0.25) is 0 Å². The first-order valence-electron chi connectivity index (χ1n) is 4.30. The molecule has 0 atom stereocenters. The van der Waals surface area contributed by atoms with E-state index in [1.54, 1.807) is 0 Å². The van der Waals surface area contributed by atoms with E-state index >= 15 is 0 Å². The monoisotopic (exact) mass is 235 g/mol. The van der Waals surface area contributed by atoms with Crippen molar-refractivity contribution < 1.29 is 27.8 Å². The zero-order valence-corrected chi connectivity index (χ0v) is 8.21. The Hall–Kier alpha value is -1.79. The predicted octanol–water partition coefficient (Wildman–Crippen LogP) is 1.98. The molecule has 1 N–H and O–H groups in total. The van der Waals surface area contributed by atoms with Crippen LogP contribution < -0.4 is 0 Å². The van der Waals surface area contributed by atoms with Crippen molar-refractivity contribution in [3.05, 3.63) is 23.5 Å². The first kappa shape index (κ1) is 12.3. The van der Waals surface area contributed by atoms with Crippen molar-refractivity contribution in [1.29, 1.82) is 0 Å². The molecular formula is C9H8F3NO3. The minimum atomic E-state index is -4.67. The maximum atomic E-state index is 12.3. The second-order valence-corrected chi connectivity index (χ2v) is 2.78. The molecule has 0 saturated carbocycles. The Morgan fingerprint density at radius 1 is 1.50 bits per heavy atom. The summed E-state index contributed by atoms with van der Waals surface area (Å²) < 4.78 is 41.2. The van der Waals surface area contributed by atoms with E-state index in [0.717, 1.165) is 6.07 Å². The third kappa shape index (κ3) is 2.62.